The summed E-state index contributed by atoms with van der Waals surface area (Å²) >= 11 is 0. The van der Waals surface area contributed by atoms with E-state index in [1.54, 1.807) is 13.0 Å². The summed E-state index contributed by atoms with van der Waals surface area (Å²) in [5.41, 5.74) is 1.23. The van der Waals surface area contributed by atoms with Gasteiger partial charge < -0.3 is 15.5 Å². The van der Waals surface area contributed by atoms with Gasteiger partial charge in [-0.25, -0.2) is 4.79 Å². The molecule has 1 fully saturated rings. The van der Waals surface area contributed by atoms with Crippen molar-refractivity contribution in [2.24, 2.45) is 11.8 Å². The molecule has 6 nitrogen and oxygen atoms in total. The Bertz CT molecular complexity index is 596. The number of benzene rings is 1. The normalized spacial score (nSPS) is 21.0. The van der Waals surface area contributed by atoms with E-state index >= 15 is 0 Å². The molecule has 3 N–H and O–H groups in total. The molecule has 1 aromatic carbocycles. The Hall–Kier alpha value is -2.37. The number of carbonyl (C=O) groups is 3. The van der Waals surface area contributed by atoms with Gasteiger partial charge in [0.1, 0.15) is 0 Å². The molecule has 0 aromatic heterocycles. The Balaban J connectivity index is 2.18. The van der Waals surface area contributed by atoms with Gasteiger partial charge in [-0.3, -0.25) is 9.59 Å². The Morgan fingerprint density at radius 3 is 2.43 bits per heavy atom. The van der Waals surface area contributed by atoms with Crippen LogP contribution in [-0.2, 0) is 9.59 Å². The van der Waals surface area contributed by atoms with Crippen LogP contribution in [0.3, 0.4) is 0 Å². The number of carboxylic acids is 2. The summed E-state index contributed by atoms with van der Waals surface area (Å²) in [4.78, 5) is 34.3. The molecular weight excluding hydrogens is 274 g/mol. The van der Waals surface area contributed by atoms with E-state index in [1.165, 1.54) is 12.1 Å². The zero-order valence-electron chi connectivity index (χ0n) is 11.6. The number of anilines is 1. The summed E-state index contributed by atoms with van der Waals surface area (Å²) in [6, 6.07) is 4.46. The molecule has 0 aliphatic heterocycles. The summed E-state index contributed by atoms with van der Waals surface area (Å²) in [6.45, 7) is 1.75. The zero-order chi connectivity index (χ0) is 15.6. The van der Waals surface area contributed by atoms with Gasteiger partial charge in [-0.2, -0.15) is 0 Å². The molecule has 0 heterocycles. The molecule has 1 amide bonds. The molecule has 6 heteroatoms. The van der Waals surface area contributed by atoms with E-state index < -0.39 is 23.8 Å². The van der Waals surface area contributed by atoms with Crippen molar-refractivity contribution in [3.05, 3.63) is 29.3 Å². The lowest BCUT2D eigenvalue weighted by Gasteiger charge is -2.17. The second-order valence-electron chi connectivity index (χ2n) is 5.31. The van der Waals surface area contributed by atoms with Crippen LogP contribution in [0.2, 0.25) is 0 Å². The molecule has 2 atom stereocenters. The van der Waals surface area contributed by atoms with E-state index in [2.05, 4.69) is 5.32 Å². The maximum absolute atomic E-state index is 12.2. The molecule has 1 aliphatic rings. The highest BCUT2D eigenvalue weighted by Gasteiger charge is 2.37. The smallest absolute Gasteiger partial charge is 0.335 e. The number of carboxylic acid groups (broad SMARTS) is 2. The Kier molecular flexibility index (Phi) is 4.26. The maximum atomic E-state index is 12.2. The minimum Gasteiger partial charge on any atom is -0.481 e. The van der Waals surface area contributed by atoms with Crippen LogP contribution in [0.1, 0.15) is 35.2 Å². The lowest BCUT2D eigenvalue weighted by molar-refractivity contribution is -0.145. The summed E-state index contributed by atoms with van der Waals surface area (Å²) in [7, 11) is 0. The SMILES string of the molecule is Cc1ccc(C(=O)O)cc1NC(=O)C1CCCC1C(=O)O. The number of hydrogen-bond donors (Lipinski definition) is 3. The van der Waals surface area contributed by atoms with Gasteiger partial charge in [-0.1, -0.05) is 12.5 Å². The van der Waals surface area contributed by atoms with Crippen LogP contribution in [0.15, 0.2) is 18.2 Å². The molecule has 2 unspecified atom stereocenters. The first kappa shape index (κ1) is 15.0. The van der Waals surface area contributed by atoms with Crippen molar-refractivity contribution in [2.75, 3.05) is 5.32 Å². The Morgan fingerprint density at radius 1 is 1.14 bits per heavy atom. The second-order valence-corrected chi connectivity index (χ2v) is 5.31. The standard InChI is InChI=1S/C15H17NO5/c1-8-5-6-9(14(18)19)7-12(8)16-13(17)10-3-2-4-11(10)15(20)21/h5-7,10-11H,2-4H2,1H3,(H,16,17)(H,18,19)(H,20,21). The first-order valence-corrected chi connectivity index (χ1v) is 6.77. The van der Waals surface area contributed by atoms with E-state index in [0.717, 1.165) is 5.56 Å². The van der Waals surface area contributed by atoms with Crippen LogP contribution in [-0.4, -0.2) is 28.1 Å². The van der Waals surface area contributed by atoms with Crippen LogP contribution in [0, 0.1) is 18.8 Å². The number of aromatic carboxylic acids is 1. The molecule has 0 spiro atoms. The van der Waals surface area contributed by atoms with Crippen LogP contribution in [0.25, 0.3) is 0 Å². The van der Waals surface area contributed by atoms with Crippen molar-refractivity contribution >= 4 is 23.5 Å². The van der Waals surface area contributed by atoms with E-state index in [9.17, 15) is 14.4 Å². The Morgan fingerprint density at radius 2 is 1.81 bits per heavy atom. The third-order valence-electron chi connectivity index (χ3n) is 3.91. The molecule has 0 bridgehead atoms. The van der Waals surface area contributed by atoms with Gasteiger partial charge in [0.15, 0.2) is 0 Å². The number of amides is 1. The zero-order valence-corrected chi connectivity index (χ0v) is 11.6. The molecule has 0 radical (unpaired) electrons. The minimum absolute atomic E-state index is 0.0807. The molecule has 1 aromatic rings. The largest absolute Gasteiger partial charge is 0.481 e. The predicted octanol–water partition coefficient (Wildman–Crippen LogP) is 2.13. The summed E-state index contributed by atoms with van der Waals surface area (Å²) in [5.74, 6) is -3.60. The lowest BCUT2D eigenvalue weighted by atomic mass is 9.95. The van der Waals surface area contributed by atoms with Crippen LogP contribution in [0.5, 0.6) is 0 Å². The van der Waals surface area contributed by atoms with Gasteiger partial charge in [0.05, 0.1) is 17.4 Å². The fourth-order valence-corrected chi connectivity index (χ4v) is 2.68. The number of carbonyl (C=O) groups excluding carboxylic acids is 1. The molecule has 2 rings (SSSR count). The van der Waals surface area contributed by atoms with Crippen molar-refractivity contribution in [2.45, 2.75) is 26.2 Å². The van der Waals surface area contributed by atoms with Crippen LogP contribution < -0.4 is 5.32 Å². The third-order valence-corrected chi connectivity index (χ3v) is 3.91. The fraction of sp³-hybridized carbons (Fsp3) is 0.400. The average Bonchev–Trinajstić information content (AvgIpc) is 2.90. The molecule has 0 saturated heterocycles. The van der Waals surface area contributed by atoms with Crippen LogP contribution in [0.4, 0.5) is 5.69 Å². The van der Waals surface area contributed by atoms with Gasteiger partial charge >= 0.3 is 11.9 Å². The molecule has 112 valence electrons. The predicted molar refractivity (Wildman–Crippen MR) is 75.2 cm³/mol. The average molecular weight is 291 g/mol. The number of rotatable bonds is 4. The number of aryl methyl sites for hydroxylation is 1. The van der Waals surface area contributed by atoms with Gasteiger partial charge in [0.2, 0.25) is 5.91 Å². The van der Waals surface area contributed by atoms with Crippen molar-refractivity contribution < 1.29 is 24.6 Å². The van der Waals surface area contributed by atoms with E-state index in [-0.39, 0.29) is 11.5 Å². The second kappa shape index (κ2) is 5.95. The minimum atomic E-state index is -1.07. The topological polar surface area (TPSA) is 104 Å². The molecule has 21 heavy (non-hydrogen) atoms. The van der Waals surface area contributed by atoms with E-state index in [0.29, 0.717) is 24.9 Å². The first-order valence-electron chi connectivity index (χ1n) is 6.77. The van der Waals surface area contributed by atoms with Gasteiger partial charge in [-0.05, 0) is 37.5 Å². The highest BCUT2D eigenvalue weighted by molar-refractivity contribution is 5.97. The molecular formula is C15H17NO5. The van der Waals surface area contributed by atoms with Crippen molar-refractivity contribution in [1.29, 1.82) is 0 Å². The summed E-state index contributed by atoms with van der Waals surface area (Å²) in [5, 5.41) is 20.7. The van der Waals surface area contributed by atoms with E-state index in [1.807, 2.05) is 0 Å². The molecule has 1 saturated carbocycles. The fourth-order valence-electron chi connectivity index (χ4n) is 2.68. The third kappa shape index (κ3) is 3.21. The number of hydrogen-bond acceptors (Lipinski definition) is 3. The van der Waals surface area contributed by atoms with Gasteiger partial charge in [0.25, 0.3) is 0 Å². The van der Waals surface area contributed by atoms with Crippen molar-refractivity contribution in [1.82, 2.24) is 0 Å². The monoisotopic (exact) mass is 291 g/mol. The van der Waals surface area contributed by atoms with E-state index in [4.69, 9.17) is 10.2 Å². The van der Waals surface area contributed by atoms with Gasteiger partial charge in [-0.15, -0.1) is 0 Å². The van der Waals surface area contributed by atoms with Crippen molar-refractivity contribution in [3.63, 3.8) is 0 Å². The maximum Gasteiger partial charge on any atom is 0.335 e. The summed E-state index contributed by atoms with van der Waals surface area (Å²) in [6.07, 6.45) is 1.76. The van der Waals surface area contributed by atoms with Crippen LogP contribution >= 0.6 is 0 Å². The molecule has 1 aliphatic carbocycles. The summed E-state index contributed by atoms with van der Waals surface area (Å²) < 4.78 is 0. The van der Waals surface area contributed by atoms with Crippen molar-refractivity contribution in [3.8, 4) is 0 Å². The van der Waals surface area contributed by atoms with Gasteiger partial charge in [0, 0.05) is 5.69 Å². The quantitative estimate of drug-likeness (QED) is 0.788. The number of nitrogens with one attached hydrogen (secondary N) is 1. The lowest BCUT2D eigenvalue weighted by Crippen LogP contribution is -2.30. The number of aliphatic carboxylic acids is 1. The Labute approximate surface area is 121 Å². The highest BCUT2D eigenvalue weighted by Crippen LogP contribution is 2.33. The highest BCUT2D eigenvalue weighted by atomic mass is 16.4. The first-order chi connectivity index (χ1) is 9.90.